The summed E-state index contributed by atoms with van der Waals surface area (Å²) < 4.78 is 0. The Morgan fingerprint density at radius 3 is 2.94 bits per heavy atom. The van der Waals surface area contributed by atoms with Crippen LogP contribution < -0.4 is 4.90 Å². The molecule has 0 bridgehead atoms. The second-order valence-electron chi connectivity index (χ2n) is 4.60. The number of carbonyl (C=O) groups excluding carboxylic acids is 1. The number of nitrogens with zero attached hydrogens (tertiary/aromatic N) is 1. The van der Waals surface area contributed by atoms with E-state index in [9.17, 15) is 9.90 Å². The van der Waals surface area contributed by atoms with Gasteiger partial charge < -0.3 is 10.0 Å². The van der Waals surface area contributed by atoms with Crippen LogP contribution in [0.25, 0.3) is 0 Å². The molecular formula is C13H16ClNO2. The minimum atomic E-state index is -0.345. The zero-order chi connectivity index (χ0) is 12.4. The average Bonchev–Trinajstić information content (AvgIpc) is 2.32. The van der Waals surface area contributed by atoms with E-state index >= 15 is 0 Å². The molecule has 92 valence electrons. The number of hydrogen-bond acceptors (Lipinski definition) is 3. The van der Waals surface area contributed by atoms with Gasteiger partial charge in [-0.2, -0.15) is 0 Å². The first-order chi connectivity index (χ1) is 8.11. The van der Waals surface area contributed by atoms with Crippen LogP contribution in [0.5, 0.6) is 0 Å². The average molecular weight is 254 g/mol. The first-order valence-electron chi connectivity index (χ1n) is 5.79. The lowest BCUT2D eigenvalue weighted by Gasteiger charge is -2.36. The lowest BCUT2D eigenvalue weighted by atomic mass is 9.95. The Kier molecular flexibility index (Phi) is 3.69. The van der Waals surface area contributed by atoms with E-state index in [0.717, 1.165) is 24.9 Å². The monoisotopic (exact) mass is 253 g/mol. The van der Waals surface area contributed by atoms with Crippen LogP contribution in [0.1, 0.15) is 23.7 Å². The largest absolute Gasteiger partial charge is 0.391 e. The second kappa shape index (κ2) is 5.07. The molecular weight excluding hydrogens is 238 g/mol. The molecule has 2 unspecified atom stereocenters. The van der Waals surface area contributed by atoms with Crippen LogP contribution >= 0.6 is 11.6 Å². The summed E-state index contributed by atoms with van der Waals surface area (Å²) in [6.07, 6.45) is 1.41. The highest BCUT2D eigenvalue weighted by Gasteiger charge is 2.25. The van der Waals surface area contributed by atoms with E-state index in [1.807, 2.05) is 11.8 Å². The Balaban J connectivity index is 2.27. The molecule has 1 saturated heterocycles. The molecule has 0 spiro atoms. The number of hydrogen-bond donors (Lipinski definition) is 1. The molecule has 1 heterocycles. The van der Waals surface area contributed by atoms with Gasteiger partial charge in [-0.1, -0.05) is 18.5 Å². The van der Waals surface area contributed by atoms with Crippen molar-refractivity contribution in [3.05, 3.63) is 28.8 Å². The molecule has 0 aromatic heterocycles. The van der Waals surface area contributed by atoms with E-state index in [2.05, 4.69) is 0 Å². The van der Waals surface area contributed by atoms with Crippen molar-refractivity contribution >= 4 is 23.6 Å². The van der Waals surface area contributed by atoms with Gasteiger partial charge in [0.25, 0.3) is 0 Å². The summed E-state index contributed by atoms with van der Waals surface area (Å²) >= 11 is 5.95. The van der Waals surface area contributed by atoms with E-state index in [1.165, 1.54) is 0 Å². The van der Waals surface area contributed by atoms with Gasteiger partial charge in [-0.15, -0.1) is 0 Å². The van der Waals surface area contributed by atoms with Crippen molar-refractivity contribution in [1.29, 1.82) is 0 Å². The van der Waals surface area contributed by atoms with Gasteiger partial charge in [0.1, 0.15) is 0 Å². The zero-order valence-corrected chi connectivity index (χ0v) is 10.5. The van der Waals surface area contributed by atoms with Gasteiger partial charge in [0.05, 0.1) is 6.10 Å². The Labute approximate surface area is 106 Å². The minimum absolute atomic E-state index is 0.310. The molecule has 0 radical (unpaired) electrons. The Morgan fingerprint density at radius 2 is 2.29 bits per heavy atom. The van der Waals surface area contributed by atoms with Crippen molar-refractivity contribution in [3.8, 4) is 0 Å². The van der Waals surface area contributed by atoms with Gasteiger partial charge in [-0.25, -0.2) is 0 Å². The molecule has 1 aromatic carbocycles. The smallest absolute Gasteiger partial charge is 0.152 e. The fraction of sp³-hybridized carbons (Fsp3) is 0.462. The summed E-state index contributed by atoms with van der Waals surface area (Å²) in [7, 11) is 0. The molecule has 1 N–H and O–H groups in total. The maximum absolute atomic E-state index is 11.0. The number of carbonyl (C=O) groups is 1. The van der Waals surface area contributed by atoms with E-state index in [1.54, 1.807) is 18.2 Å². The van der Waals surface area contributed by atoms with Gasteiger partial charge in [-0.05, 0) is 30.5 Å². The normalized spacial score (nSPS) is 24.8. The molecule has 0 amide bonds. The van der Waals surface area contributed by atoms with Gasteiger partial charge in [0.15, 0.2) is 6.29 Å². The molecule has 0 aliphatic carbocycles. The Morgan fingerprint density at radius 1 is 1.53 bits per heavy atom. The number of aldehydes is 1. The third-order valence-electron chi connectivity index (χ3n) is 3.38. The van der Waals surface area contributed by atoms with Crippen molar-refractivity contribution in [2.24, 2.45) is 5.92 Å². The molecule has 4 heteroatoms. The van der Waals surface area contributed by atoms with Crippen LogP contribution in [0.4, 0.5) is 5.69 Å². The maximum Gasteiger partial charge on any atom is 0.152 e. The quantitative estimate of drug-likeness (QED) is 0.823. The van der Waals surface area contributed by atoms with Crippen LogP contribution in [0.2, 0.25) is 5.02 Å². The summed E-state index contributed by atoms with van der Waals surface area (Å²) in [5, 5.41) is 10.5. The number of anilines is 1. The number of aliphatic hydroxyl groups is 1. The van der Waals surface area contributed by atoms with E-state index < -0.39 is 0 Å². The second-order valence-corrected chi connectivity index (χ2v) is 5.04. The fourth-order valence-electron chi connectivity index (χ4n) is 2.16. The topological polar surface area (TPSA) is 40.5 Å². The van der Waals surface area contributed by atoms with Crippen molar-refractivity contribution in [3.63, 3.8) is 0 Å². The molecule has 1 aliphatic heterocycles. The Hall–Kier alpha value is -1.06. The molecule has 17 heavy (non-hydrogen) atoms. The predicted molar refractivity (Wildman–Crippen MR) is 68.8 cm³/mol. The molecule has 1 aromatic rings. The summed E-state index contributed by atoms with van der Waals surface area (Å²) in [4.78, 5) is 13.0. The molecule has 2 rings (SSSR count). The van der Waals surface area contributed by atoms with E-state index in [-0.39, 0.29) is 6.10 Å². The first-order valence-corrected chi connectivity index (χ1v) is 6.17. The van der Waals surface area contributed by atoms with Crippen molar-refractivity contribution < 1.29 is 9.90 Å². The summed E-state index contributed by atoms with van der Waals surface area (Å²) in [5.41, 5.74) is 1.44. The molecule has 1 fully saturated rings. The number of benzene rings is 1. The highest BCUT2D eigenvalue weighted by Crippen LogP contribution is 2.28. The maximum atomic E-state index is 11.0. The SMILES string of the molecule is CC1CCN(c2cc(Cl)ccc2C=O)CC1O. The standard InChI is InChI=1S/C13H16ClNO2/c1-9-4-5-15(7-13(9)17)12-6-11(14)3-2-10(12)8-16/h2-3,6,8-9,13,17H,4-5,7H2,1H3. The predicted octanol–water partition coefficient (Wildman–Crippen LogP) is 2.36. The van der Waals surface area contributed by atoms with Crippen molar-refractivity contribution in [2.45, 2.75) is 19.4 Å². The number of aliphatic hydroxyl groups excluding tert-OH is 1. The summed E-state index contributed by atoms with van der Waals surface area (Å²) in [6.45, 7) is 3.45. The zero-order valence-electron chi connectivity index (χ0n) is 9.77. The van der Waals surface area contributed by atoms with Crippen LogP contribution in [0, 0.1) is 5.92 Å². The van der Waals surface area contributed by atoms with Gasteiger partial charge in [0.2, 0.25) is 0 Å². The lowest BCUT2D eigenvalue weighted by Crippen LogP contribution is -2.43. The lowest BCUT2D eigenvalue weighted by molar-refractivity contribution is 0.102. The summed E-state index contributed by atoms with van der Waals surface area (Å²) in [6, 6.07) is 5.21. The molecule has 2 atom stereocenters. The van der Waals surface area contributed by atoms with Crippen LogP contribution in [-0.4, -0.2) is 30.6 Å². The van der Waals surface area contributed by atoms with Gasteiger partial charge in [-0.3, -0.25) is 4.79 Å². The van der Waals surface area contributed by atoms with Crippen molar-refractivity contribution in [2.75, 3.05) is 18.0 Å². The van der Waals surface area contributed by atoms with E-state index in [4.69, 9.17) is 11.6 Å². The highest BCUT2D eigenvalue weighted by molar-refractivity contribution is 6.31. The number of piperidine rings is 1. The molecule has 0 saturated carbocycles. The third-order valence-corrected chi connectivity index (χ3v) is 3.61. The molecule has 3 nitrogen and oxygen atoms in total. The minimum Gasteiger partial charge on any atom is -0.391 e. The first kappa shape index (κ1) is 12.4. The molecule has 1 aliphatic rings. The highest BCUT2D eigenvalue weighted by atomic mass is 35.5. The third kappa shape index (κ3) is 2.61. The van der Waals surface area contributed by atoms with E-state index in [0.29, 0.717) is 23.0 Å². The number of rotatable bonds is 2. The van der Waals surface area contributed by atoms with Crippen LogP contribution in [0.3, 0.4) is 0 Å². The Bertz CT molecular complexity index is 422. The fourth-order valence-corrected chi connectivity index (χ4v) is 2.32. The number of β-amino-alcohol motifs (C(OH)–C–C–N with tert-alkyl or cyclic N) is 1. The van der Waals surface area contributed by atoms with Crippen LogP contribution in [-0.2, 0) is 0 Å². The van der Waals surface area contributed by atoms with Crippen molar-refractivity contribution in [1.82, 2.24) is 0 Å². The van der Waals surface area contributed by atoms with Crippen LogP contribution in [0.15, 0.2) is 18.2 Å². The van der Waals surface area contributed by atoms with Gasteiger partial charge >= 0.3 is 0 Å². The van der Waals surface area contributed by atoms with Gasteiger partial charge in [0, 0.05) is 29.4 Å². The summed E-state index contributed by atoms with van der Waals surface area (Å²) in [5.74, 6) is 0.310. The number of halogens is 1.